The fourth-order valence-corrected chi connectivity index (χ4v) is 2.58. The van der Waals surface area contributed by atoms with Crippen molar-refractivity contribution >= 4 is 35.0 Å². The molecule has 0 atom stereocenters. The molecule has 2 aromatic carbocycles. The van der Waals surface area contributed by atoms with E-state index in [1.807, 2.05) is 0 Å². The lowest BCUT2D eigenvalue weighted by Gasteiger charge is -2.09. The van der Waals surface area contributed by atoms with Gasteiger partial charge in [-0.2, -0.15) is 0 Å². The molecule has 2 rings (SSSR count). The van der Waals surface area contributed by atoms with Crippen molar-refractivity contribution in [2.75, 3.05) is 11.1 Å². The van der Waals surface area contributed by atoms with E-state index in [9.17, 15) is 31.1 Å². The van der Waals surface area contributed by atoms with Gasteiger partial charge >= 0.3 is 0 Å². The van der Waals surface area contributed by atoms with Crippen LogP contribution in [0.1, 0.15) is 0 Å². The summed E-state index contributed by atoms with van der Waals surface area (Å²) in [5, 5.41) is 2.20. The highest BCUT2D eigenvalue weighted by Gasteiger charge is 2.26. The normalized spacial score (nSPS) is 10.8. The van der Waals surface area contributed by atoms with E-state index in [1.165, 1.54) is 6.07 Å². The third-order valence-corrected chi connectivity index (χ3v) is 4.01. The number of nitrogens with one attached hydrogen (secondary N) is 1. The van der Waals surface area contributed by atoms with Crippen LogP contribution in [0.2, 0.25) is 5.02 Å². The van der Waals surface area contributed by atoms with Gasteiger partial charge in [0.1, 0.15) is 5.82 Å². The predicted octanol–water partition coefficient (Wildman–Crippen LogP) is 4.91. The van der Waals surface area contributed by atoms with Crippen molar-refractivity contribution in [1.29, 1.82) is 0 Å². The lowest BCUT2D eigenvalue weighted by molar-refractivity contribution is -0.113. The summed E-state index contributed by atoms with van der Waals surface area (Å²) >= 11 is 5.71. The molecule has 0 bridgehead atoms. The third kappa shape index (κ3) is 3.78. The zero-order valence-corrected chi connectivity index (χ0v) is 13.0. The molecular weight excluding hydrogens is 380 g/mol. The van der Waals surface area contributed by atoms with Crippen molar-refractivity contribution in [1.82, 2.24) is 0 Å². The first kappa shape index (κ1) is 18.5. The van der Waals surface area contributed by atoms with Crippen LogP contribution in [0.3, 0.4) is 0 Å². The minimum Gasteiger partial charge on any atom is -0.323 e. The zero-order valence-electron chi connectivity index (χ0n) is 11.4. The highest BCUT2D eigenvalue weighted by Crippen LogP contribution is 2.31. The average molecular weight is 386 g/mol. The number of amides is 1. The number of anilines is 1. The van der Waals surface area contributed by atoms with E-state index in [4.69, 9.17) is 11.6 Å². The van der Waals surface area contributed by atoms with E-state index in [0.717, 1.165) is 12.1 Å². The SMILES string of the molecule is O=C(CSc1c(F)c(F)c(F)c(F)c1F)Nc1cc(Cl)ccc1F. The fraction of sp³-hybridized carbons (Fsp3) is 0.0714. The van der Waals surface area contributed by atoms with Gasteiger partial charge in [-0.1, -0.05) is 11.6 Å². The van der Waals surface area contributed by atoms with Gasteiger partial charge in [0.15, 0.2) is 23.3 Å². The van der Waals surface area contributed by atoms with Gasteiger partial charge in [0.25, 0.3) is 0 Å². The van der Waals surface area contributed by atoms with Gasteiger partial charge in [-0.3, -0.25) is 4.79 Å². The predicted molar refractivity (Wildman–Crippen MR) is 77.0 cm³/mol. The molecule has 10 heteroatoms. The second-order valence-electron chi connectivity index (χ2n) is 4.36. The Morgan fingerprint density at radius 2 is 1.50 bits per heavy atom. The molecule has 0 spiro atoms. The number of hydrogen-bond donors (Lipinski definition) is 1. The summed E-state index contributed by atoms with van der Waals surface area (Å²) < 4.78 is 79.3. The summed E-state index contributed by atoms with van der Waals surface area (Å²) in [5.41, 5.74) is -0.287. The Morgan fingerprint density at radius 3 is 2.08 bits per heavy atom. The Bertz CT molecular complexity index is 787. The van der Waals surface area contributed by atoms with Gasteiger partial charge in [0, 0.05) is 5.02 Å². The maximum atomic E-state index is 13.4. The highest BCUT2D eigenvalue weighted by molar-refractivity contribution is 8.00. The topological polar surface area (TPSA) is 29.1 Å². The summed E-state index contributed by atoms with van der Waals surface area (Å²) in [6, 6.07) is 3.31. The first-order chi connectivity index (χ1) is 11.2. The molecule has 0 fully saturated rings. The van der Waals surface area contributed by atoms with Crippen molar-refractivity contribution in [2.45, 2.75) is 4.90 Å². The minimum absolute atomic E-state index is 0.0840. The van der Waals surface area contributed by atoms with Crippen LogP contribution in [-0.4, -0.2) is 11.7 Å². The van der Waals surface area contributed by atoms with Crippen molar-refractivity contribution in [3.63, 3.8) is 0 Å². The second-order valence-corrected chi connectivity index (χ2v) is 5.78. The molecule has 0 aliphatic heterocycles. The van der Waals surface area contributed by atoms with E-state index in [2.05, 4.69) is 5.32 Å². The second kappa shape index (κ2) is 7.35. The molecule has 0 unspecified atom stereocenters. The van der Waals surface area contributed by atoms with Gasteiger partial charge in [-0.15, -0.1) is 11.8 Å². The average Bonchev–Trinajstić information content (AvgIpc) is 2.54. The Morgan fingerprint density at radius 1 is 0.958 bits per heavy atom. The molecule has 0 saturated heterocycles. The molecule has 0 aromatic heterocycles. The Hall–Kier alpha value is -1.87. The van der Waals surface area contributed by atoms with Gasteiger partial charge in [0.2, 0.25) is 11.7 Å². The van der Waals surface area contributed by atoms with E-state index < -0.39 is 51.5 Å². The minimum atomic E-state index is -2.29. The number of halogens is 7. The van der Waals surface area contributed by atoms with Gasteiger partial charge in [0.05, 0.1) is 16.3 Å². The van der Waals surface area contributed by atoms with Crippen molar-refractivity contribution < 1.29 is 31.1 Å². The van der Waals surface area contributed by atoms with Crippen LogP contribution < -0.4 is 5.32 Å². The molecule has 128 valence electrons. The van der Waals surface area contributed by atoms with Gasteiger partial charge in [-0.25, -0.2) is 26.3 Å². The molecule has 24 heavy (non-hydrogen) atoms. The number of benzene rings is 2. The van der Waals surface area contributed by atoms with Crippen LogP contribution in [0.15, 0.2) is 23.1 Å². The number of carbonyl (C=O) groups is 1. The van der Waals surface area contributed by atoms with E-state index in [0.29, 0.717) is 0 Å². The standard InChI is InChI=1S/C14H6ClF6NOS/c15-5-1-2-6(16)7(3-5)22-8(23)4-24-14-12(20)10(18)9(17)11(19)13(14)21/h1-3H,4H2,(H,22,23). The van der Waals surface area contributed by atoms with E-state index in [1.54, 1.807) is 0 Å². The highest BCUT2D eigenvalue weighted by atomic mass is 35.5. The molecule has 1 N–H and O–H groups in total. The number of hydrogen-bond acceptors (Lipinski definition) is 2. The lowest BCUT2D eigenvalue weighted by atomic mass is 10.3. The van der Waals surface area contributed by atoms with Crippen molar-refractivity contribution in [3.8, 4) is 0 Å². The molecule has 2 aromatic rings. The molecule has 1 amide bonds. The van der Waals surface area contributed by atoms with Crippen LogP contribution in [0.25, 0.3) is 0 Å². The molecule has 0 saturated carbocycles. The number of thioether (sulfide) groups is 1. The van der Waals surface area contributed by atoms with Crippen molar-refractivity contribution in [3.05, 3.63) is 58.1 Å². The van der Waals surface area contributed by atoms with Crippen molar-refractivity contribution in [2.24, 2.45) is 0 Å². The van der Waals surface area contributed by atoms with Crippen LogP contribution in [-0.2, 0) is 4.79 Å². The molecule has 0 aliphatic rings. The first-order valence-corrected chi connectivity index (χ1v) is 7.47. The third-order valence-electron chi connectivity index (χ3n) is 2.72. The molecule has 0 aliphatic carbocycles. The molecule has 0 radical (unpaired) electrons. The quantitative estimate of drug-likeness (QED) is 0.351. The number of rotatable bonds is 4. The van der Waals surface area contributed by atoms with E-state index >= 15 is 0 Å². The van der Waals surface area contributed by atoms with Crippen LogP contribution in [0.4, 0.5) is 32.0 Å². The van der Waals surface area contributed by atoms with Gasteiger partial charge in [-0.05, 0) is 18.2 Å². The zero-order chi connectivity index (χ0) is 18.0. The number of carbonyl (C=O) groups excluding carboxylic acids is 1. The Balaban J connectivity index is 2.14. The first-order valence-electron chi connectivity index (χ1n) is 6.11. The van der Waals surface area contributed by atoms with Crippen LogP contribution >= 0.6 is 23.4 Å². The maximum absolute atomic E-state index is 13.4. The fourth-order valence-electron chi connectivity index (χ4n) is 1.63. The summed E-state index contributed by atoms with van der Waals surface area (Å²) in [7, 11) is 0. The lowest BCUT2D eigenvalue weighted by Crippen LogP contribution is -2.15. The summed E-state index contributed by atoms with van der Waals surface area (Å²) in [6.07, 6.45) is 0. The van der Waals surface area contributed by atoms with Crippen LogP contribution in [0, 0.1) is 34.9 Å². The largest absolute Gasteiger partial charge is 0.323 e. The van der Waals surface area contributed by atoms with Crippen LogP contribution in [0.5, 0.6) is 0 Å². The summed E-state index contributed by atoms with van der Waals surface area (Å²) in [6.45, 7) is 0. The summed E-state index contributed by atoms with van der Waals surface area (Å²) in [4.78, 5) is 10.5. The van der Waals surface area contributed by atoms with Gasteiger partial charge < -0.3 is 5.32 Å². The smallest absolute Gasteiger partial charge is 0.234 e. The maximum Gasteiger partial charge on any atom is 0.234 e. The summed E-state index contributed by atoms with van der Waals surface area (Å²) in [5.74, 6) is -13.1. The molecule has 2 nitrogen and oxygen atoms in total. The monoisotopic (exact) mass is 385 g/mol. The Labute approximate surface area is 140 Å². The Kier molecular flexibility index (Phi) is 5.66. The van der Waals surface area contributed by atoms with E-state index in [-0.39, 0.29) is 22.5 Å². The molecular formula is C14H6ClF6NOS. The molecule has 0 heterocycles.